The number of carbonyl (C=O) groups is 2. The number of para-hydroxylation sites is 1. The summed E-state index contributed by atoms with van der Waals surface area (Å²) in [7, 11) is 0. The van der Waals surface area contributed by atoms with Gasteiger partial charge in [0.15, 0.2) is 5.78 Å². The number of Topliss-reactive ketones (excluding diaryl/α,β-unsaturated/α-hetero) is 1. The third kappa shape index (κ3) is 4.83. The minimum atomic E-state index is -0.798. The molecule has 1 aromatic carbocycles. The number of nitro groups is 1. The monoisotopic (exact) mass is 291 g/mol. The van der Waals surface area contributed by atoms with Gasteiger partial charge in [-0.05, 0) is 39.8 Å². The van der Waals surface area contributed by atoms with Crippen molar-refractivity contribution in [3.8, 4) is 0 Å². The van der Waals surface area contributed by atoms with Crippen LogP contribution in [-0.4, -0.2) is 22.3 Å². The molecule has 0 radical (unpaired) electrons. The average molecular weight is 291 g/mol. The van der Waals surface area contributed by atoms with Gasteiger partial charge >= 0.3 is 5.97 Å². The third-order valence-electron chi connectivity index (χ3n) is 2.43. The van der Waals surface area contributed by atoms with Gasteiger partial charge in [-0.15, -0.1) is 0 Å². The Balaban J connectivity index is 3.27. The Morgan fingerprint density at radius 2 is 1.81 bits per heavy atom. The van der Waals surface area contributed by atoms with E-state index in [1.165, 1.54) is 31.2 Å². The van der Waals surface area contributed by atoms with Crippen LogP contribution in [0, 0.1) is 10.1 Å². The van der Waals surface area contributed by atoms with E-state index in [0.29, 0.717) is 0 Å². The Morgan fingerprint density at radius 1 is 1.24 bits per heavy atom. The SMILES string of the molecule is CC(=O)C(=Cc1ccccc1[N+](=O)[O-])C(=O)OC(C)(C)C. The van der Waals surface area contributed by atoms with Crippen LogP contribution in [0.1, 0.15) is 33.3 Å². The highest BCUT2D eigenvalue weighted by molar-refractivity contribution is 6.20. The van der Waals surface area contributed by atoms with Crippen LogP contribution in [0.15, 0.2) is 29.8 Å². The maximum atomic E-state index is 12.0. The average Bonchev–Trinajstić information content (AvgIpc) is 2.33. The highest BCUT2D eigenvalue weighted by Gasteiger charge is 2.23. The summed E-state index contributed by atoms with van der Waals surface area (Å²) in [5.41, 5.74) is -0.980. The molecule has 0 unspecified atom stereocenters. The molecule has 0 spiro atoms. The quantitative estimate of drug-likeness (QED) is 0.212. The van der Waals surface area contributed by atoms with Crippen molar-refractivity contribution in [2.75, 3.05) is 0 Å². The Kier molecular flexibility index (Phi) is 4.97. The zero-order valence-electron chi connectivity index (χ0n) is 12.4. The van der Waals surface area contributed by atoms with Gasteiger partial charge in [-0.25, -0.2) is 4.79 Å². The summed E-state index contributed by atoms with van der Waals surface area (Å²) in [5.74, 6) is -1.31. The number of esters is 1. The fourth-order valence-electron chi connectivity index (χ4n) is 1.57. The molecule has 0 aliphatic heterocycles. The van der Waals surface area contributed by atoms with Crippen molar-refractivity contribution >= 4 is 23.5 Å². The summed E-state index contributed by atoms with van der Waals surface area (Å²) in [6, 6.07) is 5.87. The van der Waals surface area contributed by atoms with Gasteiger partial charge < -0.3 is 4.74 Å². The molecule has 1 aromatic rings. The highest BCUT2D eigenvalue weighted by Crippen LogP contribution is 2.22. The van der Waals surface area contributed by atoms with E-state index in [-0.39, 0.29) is 16.8 Å². The van der Waals surface area contributed by atoms with Crippen LogP contribution in [0.5, 0.6) is 0 Å². The Bertz CT molecular complexity index is 611. The molecule has 0 saturated heterocycles. The van der Waals surface area contributed by atoms with Crippen LogP contribution in [0.2, 0.25) is 0 Å². The number of ketones is 1. The normalized spacial score (nSPS) is 11.9. The van der Waals surface area contributed by atoms with E-state index < -0.39 is 22.3 Å². The van der Waals surface area contributed by atoms with E-state index in [1.807, 2.05) is 0 Å². The van der Waals surface area contributed by atoms with Crippen molar-refractivity contribution in [1.29, 1.82) is 0 Å². The van der Waals surface area contributed by atoms with Crippen LogP contribution in [0.25, 0.3) is 6.08 Å². The molecule has 0 aliphatic rings. The lowest BCUT2D eigenvalue weighted by Crippen LogP contribution is -2.26. The number of benzene rings is 1. The molecule has 0 heterocycles. The second kappa shape index (κ2) is 6.30. The van der Waals surface area contributed by atoms with E-state index >= 15 is 0 Å². The maximum absolute atomic E-state index is 12.0. The number of rotatable bonds is 4. The lowest BCUT2D eigenvalue weighted by atomic mass is 10.1. The van der Waals surface area contributed by atoms with Crippen LogP contribution in [-0.2, 0) is 14.3 Å². The number of hydrogen-bond donors (Lipinski definition) is 0. The van der Waals surface area contributed by atoms with Crippen molar-refractivity contribution in [1.82, 2.24) is 0 Å². The first-order chi connectivity index (χ1) is 9.61. The number of ether oxygens (including phenoxy) is 1. The lowest BCUT2D eigenvalue weighted by molar-refractivity contribution is -0.385. The van der Waals surface area contributed by atoms with Crippen molar-refractivity contribution in [2.45, 2.75) is 33.3 Å². The third-order valence-corrected chi connectivity index (χ3v) is 2.43. The molecule has 112 valence electrons. The molecule has 1 rings (SSSR count). The molecule has 0 saturated carbocycles. The van der Waals surface area contributed by atoms with E-state index in [0.717, 1.165) is 0 Å². The minimum Gasteiger partial charge on any atom is -0.456 e. The number of nitro benzene ring substituents is 1. The molecule has 0 bridgehead atoms. The van der Waals surface area contributed by atoms with Crippen molar-refractivity contribution < 1.29 is 19.2 Å². The van der Waals surface area contributed by atoms with Crippen LogP contribution in [0.3, 0.4) is 0 Å². The standard InChI is InChI=1S/C15H17NO5/c1-10(17)12(14(18)21-15(2,3)4)9-11-7-5-6-8-13(11)16(19)20/h5-9H,1-4H3. The van der Waals surface area contributed by atoms with Gasteiger partial charge in [0.2, 0.25) is 0 Å². The van der Waals surface area contributed by atoms with Crippen LogP contribution < -0.4 is 0 Å². The summed E-state index contributed by atoms with van der Waals surface area (Å²) in [4.78, 5) is 34.0. The van der Waals surface area contributed by atoms with E-state index in [4.69, 9.17) is 4.74 Å². The molecule has 6 heteroatoms. The van der Waals surface area contributed by atoms with E-state index in [9.17, 15) is 19.7 Å². The summed E-state index contributed by atoms with van der Waals surface area (Å²) < 4.78 is 5.14. The maximum Gasteiger partial charge on any atom is 0.342 e. The number of carbonyl (C=O) groups excluding carboxylic acids is 2. The fraction of sp³-hybridized carbons (Fsp3) is 0.333. The van der Waals surface area contributed by atoms with Crippen molar-refractivity contribution in [2.24, 2.45) is 0 Å². The van der Waals surface area contributed by atoms with E-state index in [2.05, 4.69) is 0 Å². The molecule has 6 nitrogen and oxygen atoms in total. The van der Waals surface area contributed by atoms with Gasteiger partial charge in [0.1, 0.15) is 11.2 Å². The lowest BCUT2D eigenvalue weighted by Gasteiger charge is -2.19. The first kappa shape index (κ1) is 16.6. The first-order valence-electron chi connectivity index (χ1n) is 6.31. The minimum absolute atomic E-state index is 0.179. The predicted octanol–water partition coefficient (Wildman–Crippen LogP) is 2.91. The highest BCUT2D eigenvalue weighted by atomic mass is 16.6. The van der Waals surface area contributed by atoms with Crippen LogP contribution >= 0.6 is 0 Å². The molecule has 0 aromatic heterocycles. The molecule has 0 atom stereocenters. The predicted molar refractivity (Wildman–Crippen MR) is 77.6 cm³/mol. The Labute approximate surface area is 122 Å². The summed E-state index contributed by atoms with van der Waals surface area (Å²) in [5, 5.41) is 10.9. The van der Waals surface area contributed by atoms with Crippen molar-refractivity contribution in [3.63, 3.8) is 0 Å². The molecular formula is C15H17NO5. The zero-order valence-corrected chi connectivity index (χ0v) is 12.4. The fourth-order valence-corrected chi connectivity index (χ4v) is 1.57. The molecule has 0 aliphatic carbocycles. The number of hydrogen-bond acceptors (Lipinski definition) is 5. The van der Waals surface area contributed by atoms with Gasteiger partial charge in [-0.1, -0.05) is 12.1 Å². The second-order valence-corrected chi connectivity index (χ2v) is 5.43. The topological polar surface area (TPSA) is 86.5 Å². The first-order valence-corrected chi connectivity index (χ1v) is 6.31. The van der Waals surface area contributed by atoms with Crippen molar-refractivity contribution in [3.05, 3.63) is 45.5 Å². The van der Waals surface area contributed by atoms with Crippen LogP contribution in [0.4, 0.5) is 5.69 Å². The van der Waals surface area contributed by atoms with E-state index in [1.54, 1.807) is 26.8 Å². The second-order valence-electron chi connectivity index (χ2n) is 5.43. The van der Waals surface area contributed by atoms with Gasteiger partial charge in [0.25, 0.3) is 5.69 Å². The van der Waals surface area contributed by atoms with Gasteiger partial charge in [0, 0.05) is 6.07 Å². The summed E-state index contributed by atoms with van der Waals surface area (Å²) >= 11 is 0. The number of nitrogens with zero attached hydrogens (tertiary/aromatic N) is 1. The van der Waals surface area contributed by atoms with Gasteiger partial charge in [-0.3, -0.25) is 14.9 Å². The van der Waals surface area contributed by atoms with Gasteiger partial charge in [-0.2, -0.15) is 0 Å². The molecule has 0 amide bonds. The van der Waals surface area contributed by atoms with Gasteiger partial charge in [0.05, 0.1) is 10.5 Å². The molecule has 21 heavy (non-hydrogen) atoms. The zero-order chi connectivity index (χ0) is 16.2. The molecule has 0 N–H and O–H groups in total. The Morgan fingerprint density at radius 3 is 2.29 bits per heavy atom. The summed E-state index contributed by atoms with van der Waals surface area (Å²) in [6.07, 6.45) is 1.19. The molecular weight excluding hydrogens is 274 g/mol. The smallest absolute Gasteiger partial charge is 0.342 e. The molecule has 0 fully saturated rings. The summed E-state index contributed by atoms with van der Waals surface area (Å²) in [6.45, 7) is 6.24. The Hall–Kier alpha value is -2.50. The largest absolute Gasteiger partial charge is 0.456 e.